The van der Waals surface area contributed by atoms with Crippen LogP contribution in [-0.2, 0) is 0 Å². The molecule has 0 aliphatic rings. The normalized spacial score (nSPS) is 10.5. The molecular formula is C15H15N7O3S2. The summed E-state index contributed by atoms with van der Waals surface area (Å²) in [6.07, 6.45) is 0. The summed E-state index contributed by atoms with van der Waals surface area (Å²) in [4.78, 5) is 24.2. The van der Waals surface area contributed by atoms with Gasteiger partial charge >= 0.3 is 0 Å². The van der Waals surface area contributed by atoms with Crippen molar-refractivity contribution in [3.8, 4) is 11.4 Å². The van der Waals surface area contributed by atoms with Gasteiger partial charge in [-0.05, 0) is 35.8 Å². The number of aromatic nitrogens is 5. The fourth-order valence-corrected chi connectivity index (χ4v) is 3.88. The molecule has 10 nitrogen and oxygen atoms in total. The lowest BCUT2D eigenvalue weighted by atomic mass is 10.3. The Bertz CT molecular complexity index is 968. The summed E-state index contributed by atoms with van der Waals surface area (Å²) in [5.41, 5.74) is 0.993. The van der Waals surface area contributed by atoms with Crippen LogP contribution in [0.15, 0.2) is 33.5 Å². The van der Waals surface area contributed by atoms with Crippen molar-refractivity contribution in [2.45, 2.75) is 9.24 Å². The first kappa shape index (κ1) is 18.8. The maximum atomic E-state index is 12.2. The zero-order chi connectivity index (χ0) is 19.4. The standard InChI is InChI=1S/C15H15N7O3S2/c1-16-12(23)10-14(26-15-11(13(24)17-2)19-21-27-15)22(20-18-10)8-4-6-9(25-3)7-5-8/h4-7H,1-3H3,(H,16,23)(H,17,24). The molecule has 0 aliphatic heterocycles. The summed E-state index contributed by atoms with van der Waals surface area (Å²) in [7, 11) is 4.59. The molecule has 140 valence electrons. The minimum Gasteiger partial charge on any atom is -0.497 e. The predicted molar refractivity (Wildman–Crippen MR) is 98.7 cm³/mol. The zero-order valence-electron chi connectivity index (χ0n) is 14.6. The Morgan fingerprint density at radius 2 is 1.74 bits per heavy atom. The number of nitrogens with zero attached hydrogens (tertiary/aromatic N) is 5. The Kier molecular flexibility index (Phi) is 5.66. The number of methoxy groups -OCH3 is 1. The Morgan fingerprint density at radius 3 is 2.37 bits per heavy atom. The van der Waals surface area contributed by atoms with Gasteiger partial charge in [-0.25, -0.2) is 4.68 Å². The summed E-state index contributed by atoms with van der Waals surface area (Å²) in [5.74, 6) is -0.0689. The molecule has 1 aromatic carbocycles. The molecule has 2 N–H and O–H groups in total. The smallest absolute Gasteiger partial charge is 0.274 e. The first-order valence-corrected chi connectivity index (χ1v) is 9.22. The van der Waals surface area contributed by atoms with Crippen molar-refractivity contribution in [2.75, 3.05) is 21.2 Å². The van der Waals surface area contributed by atoms with Gasteiger partial charge in [-0.1, -0.05) is 21.5 Å². The lowest BCUT2D eigenvalue weighted by Gasteiger charge is -2.08. The molecule has 0 atom stereocenters. The van der Waals surface area contributed by atoms with Crippen molar-refractivity contribution < 1.29 is 14.3 Å². The van der Waals surface area contributed by atoms with Gasteiger partial charge in [0.2, 0.25) is 0 Å². The predicted octanol–water partition coefficient (Wildman–Crippen LogP) is 0.998. The van der Waals surface area contributed by atoms with Gasteiger partial charge in [0.25, 0.3) is 11.8 Å². The van der Waals surface area contributed by atoms with Crippen LogP contribution in [0.5, 0.6) is 5.75 Å². The lowest BCUT2D eigenvalue weighted by Crippen LogP contribution is -2.20. The summed E-state index contributed by atoms with van der Waals surface area (Å²) >= 11 is 2.20. The Balaban J connectivity index is 2.06. The van der Waals surface area contributed by atoms with Crippen LogP contribution in [0.2, 0.25) is 0 Å². The molecule has 2 amide bonds. The highest BCUT2D eigenvalue weighted by atomic mass is 32.2. The van der Waals surface area contributed by atoms with Crippen molar-refractivity contribution in [3.05, 3.63) is 35.7 Å². The van der Waals surface area contributed by atoms with E-state index in [-0.39, 0.29) is 17.3 Å². The van der Waals surface area contributed by atoms with E-state index in [0.717, 1.165) is 23.3 Å². The summed E-state index contributed by atoms with van der Waals surface area (Å²) in [6.45, 7) is 0. The highest BCUT2D eigenvalue weighted by Crippen LogP contribution is 2.35. The minimum absolute atomic E-state index is 0.134. The third kappa shape index (κ3) is 3.75. The third-order valence-electron chi connectivity index (χ3n) is 3.48. The van der Waals surface area contributed by atoms with Gasteiger partial charge in [-0.2, -0.15) is 0 Å². The maximum Gasteiger partial charge on any atom is 0.274 e. The second-order valence-corrected chi connectivity index (χ2v) is 7.03. The van der Waals surface area contributed by atoms with E-state index < -0.39 is 5.91 Å². The van der Waals surface area contributed by atoms with E-state index in [4.69, 9.17) is 4.74 Å². The monoisotopic (exact) mass is 405 g/mol. The number of ether oxygens (including phenoxy) is 1. The molecule has 0 unspecified atom stereocenters. The minimum atomic E-state index is -0.392. The SMILES string of the molecule is CNC(=O)c1nnsc1Sc1c(C(=O)NC)nnn1-c1ccc(OC)cc1. The molecule has 0 aliphatic carbocycles. The molecule has 0 bridgehead atoms. The van der Waals surface area contributed by atoms with Crippen LogP contribution >= 0.6 is 23.3 Å². The second kappa shape index (κ2) is 8.14. The van der Waals surface area contributed by atoms with Crippen molar-refractivity contribution in [1.29, 1.82) is 0 Å². The van der Waals surface area contributed by atoms with E-state index in [9.17, 15) is 9.59 Å². The van der Waals surface area contributed by atoms with Crippen LogP contribution in [0, 0.1) is 0 Å². The summed E-state index contributed by atoms with van der Waals surface area (Å²) in [6, 6.07) is 7.12. The summed E-state index contributed by atoms with van der Waals surface area (Å²) < 4.78 is 11.0. The van der Waals surface area contributed by atoms with Gasteiger partial charge < -0.3 is 15.4 Å². The van der Waals surface area contributed by atoms with Crippen molar-refractivity contribution >= 4 is 35.1 Å². The molecule has 0 spiro atoms. The quantitative estimate of drug-likeness (QED) is 0.622. The average Bonchev–Trinajstić information content (AvgIpc) is 3.34. The molecule has 0 fully saturated rings. The number of nitrogens with one attached hydrogen (secondary N) is 2. The van der Waals surface area contributed by atoms with Gasteiger partial charge in [-0.15, -0.1) is 10.2 Å². The lowest BCUT2D eigenvalue weighted by molar-refractivity contribution is 0.0948. The fourth-order valence-electron chi connectivity index (χ4n) is 2.11. The van der Waals surface area contributed by atoms with E-state index in [1.54, 1.807) is 31.4 Å². The first-order valence-electron chi connectivity index (χ1n) is 7.63. The molecule has 2 aromatic heterocycles. The number of carbonyl (C=O) groups is 2. The van der Waals surface area contributed by atoms with Crippen LogP contribution in [0.1, 0.15) is 21.0 Å². The van der Waals surface area contributed by atoms with Crippen molar-refractivity contribution in [2.24, 2.45) is 0 Å². The molecule has 0 saturated heterocycles. The highest BCUT2D eigenvalue weighted by molar-refractivity contribution is 8.01. The maximum absolute atomic E-state index is 12.2. The fraction of sp³-hybridized carbons (Fsp3) is 0.200. The first-order chi connectivity index (χ1) is 13.1. The van der Waals surface area contributed by atoms with Gasteiger partial charge in [0.05, 0.1) is 12.8 Å². The topological polar surface area (TPSA) is 124 Å². The molecule has 0 saturated carbocycles. The average molecular weight is 405 g/mol. The molecule has 3 aromatic rings. The van der Waals surface area contributed by atoms with Gasteiger partial charge in [0, 0.05) is 14.1 Å². The Hall–Kier alpha value is -2.99. The highest BCUT2D eigenvalue weighted by Gasteiger charge is 2.25. The van der Waals surface area contributed by atoms with E-state index in [0.29, 0.717) is 20.7 Å². The Labute approximate surface area is 162 Å². The molecule has 12 heteroatoms. The van der Waals surface area contributed by atoms with E-state index in [1.807, 2.05) is 0 Å². The van der Waals surface area contributed by atoms with Crippen LogP contribution < -0.4 is 15.4 Å². The summed E-state index contributed by atoms with van der Waals surface area (Å²) in [5, 5.41) is 17.4. The van der Waals surface area contributed by atoms with Crippen LogP contribution in [0.25, 0.3) is 5.69 Å². The number of hydrogen-bond donors (Lipinski definition) is 2. The van der Waals surface area contributed by atoms with Crippen molar-refractivity contribution in [1.82, 2.24) is 35.2 Å². The van der Waals surface area contributed by atoms with Gasteiger partial charge in [-0.3, -0.25) is 9.59 Å². The second-order valence-electron chi connectivity index (χ2n) is 5.02. The van der Waals surface area contributed by atoms with Gasteiger partial charge in [0.1, 0.15) is 15.0 Å². The number of hydrogen-bond acceptors (Lipinski definition) is 9. The number of benzene rings is 1. The third-order valence-corrected chi connectivity index (χ3v) is 5.41. The Morgan fingerprint density at radius 1 is 1.07 bits per heavy atom. The number of carbonyl (C=O) groups excluding carboxylic acids is 2. The van der Waals surface area contributed by atoms with Gasteiger partial charge in [0.15, 0.2) is 11.4 Å². The van der Waals surface area contributed by atoms with Crippen LogP contribution in [0.4, 0.5) is 0 Å². The number of amides is 2. The van der Waals surface area contributed by atoms with Crippen LogP contribution in [-0.4, -0.2) is 57.6 Å². The largest absolute Gasteiger partial charge is 0.497 e. The zero-order valence-corrected chi connectivity index (χ0v) is 16.2. The molecule has 3 rings (SSSR count). The molecular weight excluding hydrogens is 390 g/mol. The molecule has 27 heavy (non-hydrogen) atoms. The van der Waals surface area contributed by atoms with E-state index >= 15 is 0 Å². The van der Waals surface area contributed by atoms with E-state index in [2.05, 4.69) is 30.5 Å². The number of rotatable bonds is 6. The molecule has 0 radical (unpaired) electrons. The van der Waals surface area contributed by atoms with Crippen molar-refractivity contribution in [3.63, 3.8) is 0 Å². The van der Waals surface area contributed by atoms with E-state index in [1.165, 1.54) is 18.8 Å². The molecule has 2 heterocycles. The van der Waals surface area contributed by atoms with Crippen LogP contribution in [0.3, 0.4) is 0 Å².